The molecule has 4 rings (SSSR count). The molecule has 0 saturated heterocycles. The maximum atomic E-state index is 5.85. The molecule has 29 heavy (non-hydrogen) atoms. The van der Waals surface area contributed by atoms with Crippen LogP contribution in [0.1, 0.15) is 17.5 Å². The van der Waals surface area contributed by atoms with Gasteiger partial charge >= 0.3 is 0 Å². The molecule has 0 fully saturated rings. The van der Waals surface area contributed by atoms with Crippen molar-refractivity contribution in [2.24, 2.45) is 0 Å². The van der Waals surface area contributed by atoms with Gasteiger partial charge in [-0.3, -0.25) is 0 Å². The highest BCUT2D eigenvalue weighted by Crippen LogP contribution is 2.22. The third kappa shape index (κ3) is 4.91. The van der Waals surface area contributed by atoms with E-state index < -0.39 is 0 Å². The number of nitrogens with one attached hydrogen (secondary N) is 1. The Kier molecular flexibility index (Phi) is 5.68. The second-order valence-corrected chi connectivity index (χ2v) is 6.66. The maximum absolute atomic E-state index is 5.85. The Morgan fingerprint density at radius 3 is 2.38 bits per heavy atom. The van der Waals surface area contributed by atoms with E-state index >= 15 is 0 Å². The second-order valence-electron chi connectivity index (χ2n) is 6.66. The van der Waals surface area contributed by atoms with E-state index in [9.17, 15) is 0 Å². The average Bonchev–Trinajstić information content (AvgIpc) is 2.76. The van der Waals surface area contributed by atoms with Gasteiger partial charge in [0.2, 0.25) is 0 Å². The fourth-order valence-electron chi connectivity index (χ4n) is 2.90. The minimum atomic E-state index is 0.722. The highest BCUT2D eigenvalue weighted by Gasteiger charge is 2.01. The molecule has 0 aliphatic heterocycles. The number of hydrogen-bond acceptors (Lipinski definition) is 4. The molecule has 0 radical (unpaired) electrons. The number of fused-ring (bicyclic) bond motifs is 1. The van der Waals surface area contributed by atoms with Gasteiger partial charge in [0.1, 0.15) is 23.6 Å². The molecular formula is C25H21N3O. The molecule has 0 spiro atoms. The highest BCUT2D eigenvalue weighted by atomic mass is 16.5. The number of hydrogen-bond donors (Lipinski definition) is 1. The van der Waals surface area contributed by atoms with Crippen LogP contribution >= 0.6 is 0 Å². The first-order valence-corrected chi connectivity index (χ1v) is 9.55. The molecule has 0 atom stereocenters. The Morgan fingerprint density at radius 1 is 0.862 bits per heavy atom. The Hall–Kier alpha value is -3.84. The lowest BCUT2D eigenvalue weighted by Crippen LogP contribution is -2.03. The molecule has 1 N–H and O–H groups in total. The van der Waals surface area contributed by atoms with Crippen molar-refractivity contribution in [3.8, 4) is 23.3 Å². The molecule has 1 aromatic heterocycles. The van der Waals surface area contributed by atoms with Crippen LogP contribution in [-0.2, 0) is 0 Å². The number of ether oxygens (including phenoxy) is 1. The van der Waals surface area contributed by atoms with Gasteiger partial charge in [-0.05, 0) is 55.5 Å². The fourth-order valence-corrected chi connectivity index (χ4v) is 2.90. The third-order valence-corrected chi connectivity index (χ3v) is 4.43. The zero-order chi connectivity index (χ0) is 19.9. The number of aryl methyl sites for hydroxylation is 1. The number of nitrogens with zero attached hydrogens (tertiary/aromatic N) is 2. The van der Waals surface area contributed by atoms with E-state index in [1.807, 2.05) is 72.8 Å². The minimum absolute atomic E-state index is 0.722. The lowest BCUT2D eigenvalue weighted by Gasteiger charge is -2.06. The van der Waals surface area contributed by atoms with Crippen molar-refractivity contribution < 1.29 is 4.74 Å². The molecule has 0 amide bonds. The first kappa shape index (κ1) is 18.5. The molecule has 0 saturated carbocycles. The van der Waals surface area contributed by atoms with Gasteiger partial charge in [-0.25, -0.2) is 9.97 Å². The normalized spacial score (nSPS) is 10.2. The van der Waals surface area contributed by atoms with Crippen LogP contribution in [-0.4, -0.2) is 16.5 Å². The number of aromatic nitrogens is 2. The van der Waals surface area contributed by atoms with Crippen LogP contribution in [0.15, 0.2) is 79.1 Å². The number of anilines is 1. The summed E-state index contributed by atoms with van der Waals surface area (Å²) in [6, 6.07) is 23.8. The van der Waals surface area contributed by atoms with Crippen molar-refractivity contribution in [3.63, 3.8) is 0 Å². The fraction of sp³-hybridized carbons (Fsp3) is 0.120. The summed E-state index contributed by atoms with van der Waals surface area (Å²) in [5.41, 5.74) is 3.11. The second kappa shape index (κ2) is 8.90. The average molecular weight is 379 g/mol. The topological polar surface area (TPSA) is 47.0 Å². The molecule has 4 aromatic rings. The standard InChI is InChI=1S/C25H21N3O/c1-19-9-13-21(14-10-19)29-22-15-11-20(12-16-22)6-4-5-17-26-25-23-7-2-3-8-24(23)27-18-28-25/h2-3,7-16,18H,5,17H2,1H3,(H,26,27,28). The summed E-state index contributed by atoms with van der Waals surface area (Å²) in [6.45, 7) is 2.78. The van der Waals surface area contributed by atoms with Gasteiger partial charge in [0, 0.05) is 23.9 Å². The first-order chi connectivity index (χ1) is 14.3. The van der Waals surface area contributed by atoms with E-state index in [4.69, 9.17) is 4.74 Å². The summed E-state index contributed by atoms with van der Waals surface area (Å²) in [6.07, 6.45) is 2.30. The Morgan fingerprint density at radius 2 is 1.59 bits per heavy atom. The van der Waals surface area contributed by atoms with Crippen LogP contribution in [0, 0.1) is 18.8 Å². The summed E-state index contributed by atoms with van der Waals surface area (Å²) in [5.74, 6) is 8.86. The van der Waals surface area contributed by atoms with Crippen LogP contribution in [0.5, 0.6) is 11.5 Å². The smallest absolute Gasteiger partial charge is 0.137 e. The molecular weight excluding hydrogens is 358 g/mol. The summed E-state index contributed by atoms with van der Waals surface area (Å²) < 4.78 is 5.85. The third-order valence-electron chi connectivity index (χ3n) is 4.43. The van der Waals surface area contributed by atoms with E-state index in [0.29, 0.717) is 0 Å². The lowest BCUT2D eigenvalue weighted by atomic mass is 10.2. The number of benzene rings is 3. The summed E-state index contributed by atoms with van der Waals surface area (Å²) >= 11 is 0. The van der Waals surface area contributed by atoms with Gasteiger partial charge in [0.05, 0.1) is 5.52 Å². The van der Waals surface area contributed by atoms with Gasteiger partial charge in [0.25, 0.3) is 0 Å². The zero-order valence-electron chi connectivity index (χ0n) is 16.2. The Labute approximate surface area is 170 Å². The molecule has 0 unspecified atom stereocenters. The van der Waals surface area contributed by atoms with Crippen molar-refractivity contribution >= 4 is 16.7 Å². The lowest BCUT2D eigenvalue weighted by molar-refractivity contribution is 0.482. The van der Waals surface area contributed by atoms with Crippen LogP contribution in [0.4, 0.5) is 5.82 Å². The maximum Gasteiger partial charge on any atom is 0.137 e. The highest BCUT2D eigenvalue weighted by molar-refractivity contribution is 5.88. The summed E-state index contributed by atoms with van der Waals surface area (Å²) in [5, 5.41) is 4.36. The molecule has 4 nitrogen and oxygen atoms in total. The summed E-state index contributed by atoms with van der Waals surface area (Å²) in [4.78, 5) is 8.60. The van der Waals surface area contributed by atoms with Gasteiger partial charge in [-0.2, -0.15) is 0 Å². The number of para-hydroxylation sites is 1. The van der Waals surface area contributed by atoms with Crippen molar-refractivity contribution in [2.45, 2.75) is 13.3 Å². The molecule has 1 heterocycles. The predicted molar refractivity (Wildman–Crippen MR) is 117 cm³/mol. The number of rotatable bonds is 5. The first-order valence-electron chi connectivity index (χ1n) is 9.55. The van der Waals surface area contributed by atoms with E-state index in [2.05, 4.69) is 34.0 Å². The van der Waals surface area contributed by atoms with Crippen molar-refractivity contribution in [1.29, 1.82) is 0 Å². The predicted octanol–water partition coefficient (Wildman–Crippen LogP) is 5.58. The van der Waals surface area contributed by atoms with E-state index in [1.54, 1.807) is 6.33 Å². The van der Waals surface area contributed by atoms with Crippen molar-refractivity contribution in [2.75, 3.05) is 11.9 Å². The van der Waals surface area contributed by atoms with Crippen LogP contribution in [0.3, 0.4) is 0 Å². The Balaban J connectivity index is 1.30. The van der Waals surface area contributed by atoms with Gasteiger partial charge < -0.3 is 10.1 Å². The SMILES string of the molecule is Cc1ccc(Oc2ccc(C#CCCNc3ncnc4ccccc34)cc2)cc1. The van der Waals surface area contributed by atoms with Gasteiger partial charge in [-0.1, -0.05) is 41.7 Å². The van der Waals surface area contributed by atoms with E-state index in [-0.39, 0.29) is 0 Å². The van der Waals surface area contributed by atoms with Crippen LogP contribution < -0.4 is 10.1 Å². The molecule has 0 aliphatic carbocycles. The van der Waals surface area contributed by atoms with E-state index in [1.165, 1.54) is 5.56 Å². The molecule has 142 valence electrons. The quantitative estimate of drug-likeness (QED) is 0.363. The van der Waals surface area contributed by atoms with Crippen LogP contribution in [0.25, 0.3) is 10.9 Å². The van der Waals surface area contributed by atoms with Crippen molar-refractivity contribution in [1.82, 2.24) is 9.97 Å². The molecule has 0 bridgehead atoms. The monoisotopic (exact) mass is 379 g/mol. The Bertz CT molecular complexity index is 1150. The minimum Gasteiger partial charge on any atom is -0.457 e. The van der Waals surface area contributed by atoms with Crippen LogP contribution in [0.2, 0.25) is 0 Å². The molecule has 0 aliphatic rings. The summed E-state index contributed by atoms with van der Waals surface area (Å²) in [7, 11) is 0. The van der Waals surface area contributed by atoms with Gasteiger partial charge in [-0.15, -0.1) is 0 Å². The zero-order valence-corrected chi connectivity index (χ0v) is 16.2. The van der Waals surface area contributed by atoms with E-state index in [0.717, 1.165) is 46.7 Å². The molecule has 3 aromatic carbocycles. The molecule has 4 heteroatoms. The van der Waals surface area contributed by atoms with Crippen molar-refractivity contribution in [3.05, 3.63) is 90.3 Å². The van der Waals surface area contributed by atoms with Gasteiger partial charge in [0.15, 0.2) is 0 Å². The largest absolute Gasteiger partial charge is 0.457 e.